The number of rotatable bonds is 8. The molecular weight excluding hydrogens is 476 g/mol. The lowest BCUT2D eigenvalue weighted by Gasteiger charge is -2.21. The molecule has 3 nitrogen and oxygen atoms in total. The van der Waals surface area contributed by atoms with Crippen LogP contribution in [0.3, 0.4) is 0 Å². The summed E-state index contributed by atoms with van der Waals surface area (Å²) >= 11 is 0. The Morgan fingerprint density at radius 3 is 1.08 bits per heavy atom. The van der Waals surface area contributed by atoms with E-state index in [0.29, 0.717) is 0 Å². The fourth-order valence-corrected chi connectivity index (χ4v) is 4.71. The third-order valence-electron chi connectivity index (χ3n) is 6.68. The first-order valence-corrected chi connectivity index (χ1v) is 13.4. The van der Waals surface area contributed by atoms with Gasteiger partial charge in [-0.05, 0) is 91.1 Å². The van der Waals surface area contributed by atoms with Gasteiger partial charge in [-0.15, -0.1) is 0 Å². The summed E-state index contributed by atoms with van der Waals surface area (Å²) in [4.78, 5) is 17.6. The molecule has 1 fully saturated rings. The van der Waals surface area contributed by atoms with E-state index in [0.717, 1.165) is 53.2 Å². The molecule has 0 saturated heterocycles. The van der Waals surface area contributed by atoms with Gasteiger partial charge in [-0.2, -0.15) is 0 Å². The van der Waals surface area contributed by atoms with E-state index in [4.69, 9.17) is 0 Å². The number of benzene rings is 4. The molecule has 39 heavy (non-hydrogen) atoms. The molecule has 4 aromatic carbocycles. The van der Waals surface area contributed by atoms with Crippen LogP contribution in [0.4, 0.5) is 22.7 Å². The van der Waals surface area contributed by atoms with Gasteiger partial charge in [-0.1, -0.05) is 84.9 Å². The largest absolute Gasteiger partial charge is 0.317 e. The summed E-state index contributed by atoms with van der Waals surface area (Å²) in [5.74, 6) is 0.132. The minimum atomic E-state index is 0.132. The van der Waals surface area contributed by atoms with Crippen molar-refractivity contribution in [3.05, 3.63) is 169 Å². The topological polar surface area (TPSA) is 23.6 Å². The lowest BCUT2D eigenvalue weighted by Crippen LogP contribution is -2.12. The predicted molar refractivity (Wildman–Crippen MR) is 163 cm³/mol. The fraction of sp³-hybridized carbons (Fsp3) is 0.0833. The van der Waals surface area contributed by atoms with Crippen molar-refractivity contribution in [1.29, 1.82) is 0 Å². The molecule has 0 N–H and O–H groups in total. The van der Waals surface area contributed by atoms with Crippen LogP contribution < -0.4 is 9.80 Å². The number of Topliss-reactive ketones (excluding diaryl/α,β-unsaturated/α-hetero) is 1. The molecule has 3 heteroatoms. The van der Waals surface area contributed by atoms with Gasteiger partial charge in [0.1, 0.15) is 0 Å². The highest BCUT2D eigenvalue weighted by molar-refractivity contribution is 6.09. The van der Waals surface area contributed by atoms with Crippen molar-refractivity contribution in [2.24, 2.45) is 0 Å². The summed E-state index contributed by atoms with van der Waals surface area (Å²) < 4.78 is 0. The number of ketones is 1. The van der Waals surface area contributed by atoms with Crippen molar-refractivity contribution in [1.82, 2.24) is 0 Å². The maximum absolute atomic E-state index is 13.3. The lowest BCUT2D eigenvalue weighted by molar-refractivity contribution is -0.113. The SMILES string of the molecule is O=C1/C(=C/C=C/N(c2ccccc2)c2ccccc2)CCC/C1=C\C=C\N(c1ccccc1)c1ccccc1. The molecule has 5 rings (SSSR count). The van der Waals surface area contributed by atoms with Crippen LogP contribution in [0.25, 0.3) is 0 Å². The molecule has 1 aliphatic carbocycles. The van der Waals surface area contributed by atoms with Crippen LogP contribution in [0.1, 0.15) is 19.3 Å². The van der Waals surface area contributed by atoms with E-state index in [1.54, 1.807) is 0 Å². The van der Waals surface area contributed by atoms with Gasteiger partial charge in [0.15, 0.2) is 5.78 Å². The zero-order valence-corrected chi connectivity index (χ0v) is 21.9. The summed E-state index contributed by atoms with van der Waals surface area (Å²) in [6.45, 7) is 0. The van der Waals surface area contributed by atoms with Gasteiger partial charge in [0.2, 0.25) is 0 Å². The molecule has 1 aliphatic rings. The highest BCUT2D eigenvalue weighted by Gasteiger charge is 2.19. The second-order valence-corrected chi connectivity index (χ2v) is 9.33. The Balaban J connectivity index is 1.34. The molecule has 4 aromatic rings. The van der Waals surface area contributed by atoms with Crippen molar-refractivity contribution in [2.75, 3.05) is 9.80 Å². The van der Waals surface area contributed by atoms with Crippen LogP contribution in [0.5, 0.6) is 0 Å². The number of para-hydroxylation sites is 4. The average molecular weight is 509 g/mol. The molecule has 0 amide bonds. The average Bonchev–Trinajstić information content (AvgIpc) is 3.01. The van der Waals surface area contributed by atoms with Crippen molar-refractivity contribution in [3.8, 4) is 0 Å². The first-order valence-electron chi connectivity index (χ1n) is 13.4. The molecule has 0 unspecified atom stereocenters. The summed E-state index contributed by atoms with van der Waals surface area (Å²) in [5, 5.41) is 0. The van der Waals surface area contributed by atoms with Crippen LogP contribution in [-0.2, 0) is 4.79 Å². The number of allylic oxidation sites excluding steroid dienone is 6. The molecule has 0 aromatic heterocycles. The van der Waals surface area contributed by atoms with Gasteiger partial charge in [0.25, 0.3) is 0 Å². The third kappa shape index (κ3) is 6.71. The first kappa shape index (κ1) is 25.7. The van der Waals surface area contributed by atoms with E-state index in [-0.39, 0.29) is 5.78 Å². The van der Waals surface area contributed by atoms with Crippen LogP contribution in [0, 0.1) is 0 Å². The lowest BCUT2D eigenvalue weighted by atomic mass is 9.88. The Hall–Kier alpha value is -4.89. The van der Waals surface area contributed by atoms with Crippen LogP contribution >= 0.6 is 0 Å². The minimum absolute atomic E-state index is 0.132. The molecule has 0 radical (unpaired) electrons. The Kier molecular flexibility index (Phi) is 8.63. The predicted octanol–water partition coefficient (Wildman–Crippen LogP) is 9.30. The van der Waals surface area contributed by atoms with E-state index < -0.39 is 0 Å². The van der Waals surface area contributed by atoms with Gasteiger partial charge in [-0.3, -0.25) is 4.79 Å². The Morgan fingerprint density at radius 2 is 0.769 bits per heavy atom. The van der Waals surface area contributed by atoms with Gasteiger partial charge < -0.3 is 9.80 Å². The van der Waals surface area contributed by atoms with Gasteiger partial charge in [0, 0.05) is 35.1 Å². The maximum Gasteiger partial charge on any atom is 0.184 e. The first-order chi connectivity index (χ1) is 19.3. The number of nitrogens with zero attached hydrogens (tertiary/aromatic N) is 2. The van der Waals surface area contributed by atoms with Gasteiger partial charge in [0.05, 0.1) is 0 Å². The smallest absolute Gasteiger partial charge is 0.184 e. The highest BCUT2D eigenvalue weighted by Crippen LogP contribution is 2.28. The van der Waals surface area contributed by atoms with E-state index in [9.17, 15) is 4.79 Å². The normalized spacial score (nSPS) is 15.8. The molecule has 0 aliphatic heterocycles. The third-order valence-corrected chi connectivity index (χ3v) is 6.68. The van der Waals surface area contributed by atoms with Crippen molar-refractivity contribution >= 4 is 28.5 Å². The second-order valence-electron chi connectivity index (χ2n) is 9.33. The quantitative estimate of drug-likeness (QED) is 0.222. The molecule has 0 heterocycles. The number of hydrogen-bond acceptors (Lipinski definition) is 3. The summed E-state index contributed by atoms with van der Waals surface area (Å²) in [6.07, 6.45) is 14.5. The van der Waals surface area contributed by atoms with Gasteiger partial charge in [-0.25, -0.2) is 0 Å². The zero-order valence-electron chi connectivity index (χ0n) is 21.9. The zero-order chi connectivity index (χ0) is 26.7. The van der Waals surface area contributed by atoms with Crippen LogP contribution in [0.2, 0.25) is 0 Å². The Bertz CT molecular complexity index is 1280. The van der Waals surface area contributed by atoms with E-state index in [1.165, 1.54) is 0 Å². The van der Waals surface area contributed by atoms with Crippen molar-refractivity contribution in [3.63, 3.8) is 0 Å². The van der Waals surface area contributed by atoms with E-state index in [2.05, 4.69) is 58.3 Å². The monoisotopic (exact) mass is 508 g/mol. The van der Waals surface area contributed by atoms with Crippen LogP contribution in [-0.4, -0.2) is 5.78 Å². The van der Waals surface area contributed by atoms with E-state index >= 15 is 0 Å². The molecule has 0 spiro atoms. The summed E-state index contributed by atoms with van der Waals surface area (Å²) in [6, 6.07) is 41.0. The second kappa shape index (κ2) is 13.1. The molecule has 192 valence electrons. The van der Waals surface area contributed by atoms with Crippen LogP contribution in [0.15, 0.2) is 169 Å². The number of carbonyl (C=O) groups excluding carboxylic acids is 1. The summed E-state index contributed by atoms with van der Waals surface area (Å²) in [7, 11) is 0. The van der Waals surface area contributed by atoms with Crippen molar-refractivity contribution in [2.45, 2.75) is 19.3 Å². The highest BCUT2D eigenvalue weighted by atomic mass is 16.1. The van der Waals surface area contributed by atoms with Gasteiger partial charge >= 0.3 is 0 Å². The fourth-order valence-electron chi connectivity index (χ4n) is 4.71. The van der Waals surface area contributed by atoms with E-state index in [1.807, 2.05) is 110 Å². The molecule has 1 saturated carbocycles. The minimum Gasteiger partial charge on any atom is -0.317 e. The Morgan fingerprint density at radius 1 is 0.462 bits per heavy atom. The standard InChI is InChI=1S/C36H32N2O/c39-36-30(18-14-28-37(32-20-5-1-6-21-32)33-22-7-2-8-23-33)16-13-17-31(36)19-15-29-38(34-24-9-3-10-25-34)35-26-11-4-12-27-35/h1-12,14-15,18-29H,13,16-17H2/b28-14+,29-15+,30-18+,31-19+. The number of hydrogen-bond donors (Lipinski definition) is 0. The molecule has 0 bridgehead atoms. The molecular formula is C36H32N2O. The van der Waals surface area contributed by atoms with Crippen molar-refractivity contribution < 1.29 is 4.79 Å². The summed E-state index contributed by atoms with van der Waals surface area (Å²) in [5.41, 5.74) is 5.98. The maximum atomic E-state index is 13.3. The number of carbonyl (C=O) groups is 1. The number of anilines is 4. The Labute approximate surface area is 231 Å². The molecule has 0 atom stereocenters.